The predicted octanol–water partition coefficient (Wildman–Crippen LogP) is 3.80. The molecule has 0 aliphatic carbocycles. The number of hydrogen-bond donors (Lipinski definition) is 0. The topological polar surface area (TPSA) is 32.5 Å². The van der Waals surface area contributed by atoms with E-state index in [4.69, 9.17) is 16.1 Å². The Hall–Kier alpha value is -0.940. The summed E-state index contributed by atoms with van der Waals surface area (Å²) in [6.45, 7) is 6.84. The monoisotopic (exact) mass is 363 g/mol. The molecule has 1 aliphatic heterocycles. The molecule has 7 heteroatoms. The maximum atomic E-state index is 6.05. The van der Waals surface area contributed by atoms with Crippen molar-refractivity contribution < 1.29 is 4.52 Å². The molecule has 1 aliphatic rings. The number of nitrogens with zero attached hydrogens (tertiary/aromatic N) is 3. The van der Waals surface area contributed by atoms with Gasteiger partial charge in [0.1, 0.15) is 0 Å². The number of halogens is 3. The molecule has 0 unspecified atom stereocenters. The first-order valence-corrected chi connectivity index (χ1v) is 7.23. The van der Waals surface area contributed by atoms with Gasteiger partial charge in [0.2, 0.25) is 0 Å². The van der Waals surface area contributed by atoms with Crippen LogP contribution in [0.5, 0.6) is 0 Å². The minimum absolute atomic E-state index is 0. The molecule has 1 saturated heterocycles. The van der Waals surface area contributed by atoms with Crippen molar-refractivity contribution in [1.29, 1.82) is 0 Å². The highest BCUT2D eigenvalue weighted by Gasteiger charge is 2.18. The second-order valence-corrected chi connectivity index (χ2v) is 5.61. The van der Waals surface area contributed by atoms with Gasteiger partial charge in [0, 0.05) is 43.0 Å². The van der Waals surface area contributed by atoms with E-state index >= 15 is 0 Å². The molecule has 1 aromatic heterocycles. The van der Waals surface area contributed by atoms with Crippen molar-refractivity contribution >= 4 is 42.1 Å². The lowest BCUT2D eigenvalue weighted by Crippen LogP contribution is -2.45. The fourth-order valence-corrected chi connectivity index (χ4v) is 2.73. The number of hydrogen-bond acceptors (Lipinski definition) is 4. The number of rotatable bonds is 3. The quantitative estimate of drug-likeness (QED) is 0.829. The van der Waals surface area contributed by atoms with Crippen LogP contribution >= 0.6 is 36.4 Å². The summed E-state index contributed by atoms with van der Waals surface area (Å²) in [7, 11) is 0. The van der Waals surface area contributed by atoms with Crippen LogP contribution in [0.25, 0.3) is 0 Å². The summed E-state index contributed by atoms with van der Waals surface area (Å²) in [5.74, 6) is 0.943. The lowest BCUT2D eigenvalue weighted by molar-refractivity contribution is 0.219. The van der Waals surface area contributed by atoms with Crippen LogP contribution in [-0.4, -0.2) is 36.2 Å². The normalized spacial score (nSPS) is 15.1. The first-order chi connectivity index (χ1) is 9.70. The van der Waals surface area contributed by atoms with Gasteiger partial charge in [-0.2, -0.15) is 0 Å². The van der Waals surface area contributed by atoms with Gasteiger partial charge >= 0.3 is 0 Å². The van der Waals surface area contributed by atoms with Crippen LogP contribution in [0.3, 0.4) is 0 Å². The summed E-state index contributed by atoms with van der Waals surface area (Å²) in [6.07, 6.45) is 0. The zero-order valence-electron chi connectivity index (χ0n) is 12.4. The number of piperazine rings is 1. The Morgan fingerprint density at radius 2 is 1.86 bits per heavy atom. The van der Waals surface area contributed by atoms with Crippen molar-refractivity contribution in [1.82, 2.24) is 10.1 Å². The van der Waals surface area contributed by atoms with E-state index in [1.54, 1.807) is 0 Å². The minimum Gasteiger partial charge on any atom is -0.369 e. The molecule has 0 atom stereocenters. The van der Waals surface area contributed by atoms with Crippen molar-refractivity contribution in [3.05, 3.63) is 46.8 Å². The van der Waals surface area contributed by atoms with Gasteiger partial charge in [0.05, 0.1) is 12.2 Å². The van der Waals surface area contributed by atoms with E-state index in [9.17, 15) is 0 Å². The lowest BCUT2D eigenvalue weighted by Gasteiger charge is -2.35. The molecule has 1 aromatic carbocycles. The number of aromatic nitrogens is 1. The van der Waals surface area contributed by atoms with E-state index in [1.165, 1.54) is 5.69 Å². The minimum atomic E-state index is 0. The van der Waals surface area contributed by atoms with E-state index < -0.39 is 0 Å². The molecule has 0 radical (unpaired) electrons. The molecule has 0 bridgehead atoms. The summed E-state index contributed by atoms with van der Waals surface area (Å²) in [5, 5.41) is 4.72. The summed E-state index contributed by atoms with van der Waals surface area (Å²) < 4.78 is 5.27. The second-order valence-electron chi connectivity index (χ2n) is 5.18. The maximum Gasteiger partial charge on any atom is 0.150 e. The number of anilines is 1. The zero-order chi connectivity index (χ0) is 13.9. The molecule has 3 rings (SSSR count). The SMILES string of the molecule is Cc1cc(CN2CCN(c3cccc(Cl)c3)CC2)on1.Cl.Cl. The molecule has 0 saturated carbocycles. The molecule has 4 nitrogen and oxygen atoms in total. The van der Waals surface area contributed by atoms with E-state index in [2.05, 4.69) is 21.0 Å². The highest BCUT2D eigenvalue weighted by Crippen LogP contribution is 2.21. The highest BCUT2D eigenvalue weighted by atomic mass is 35.5. The van der Waals surface area contributed by atoms with Gasteiger partial charge in [-0.25, -0.2) is 0 Å². The van der Waals surface area contributed by atoms with Crippen LogP contribution in [0.1, 0.15) is 11.5 Å². The standard InChI is InChI=1S/C15H18ClN3O.2ClH/c1-12-9-15(20-17-12)11-18-5-7-19(8-6-18)14-4-2-3-13(16)10-14;;/h2-4,9-10H,5-8,11H2,1H3;2*1H. The van der Waals surface area contributed by atoms with Crippen LogP contribution in [0.15, 0.2) is 34.9 Å². The van der Waals surface area contributed by atoms with Crippen molar-refractivity contribution in [3.63, 3.8) is 0 Å². The van der Waals surface area contributed by atoms with Gasteiger partial charge in [-0.3, -0.25) is 4.90 Å². The van der Waals surface area contributed by atoms with Crippen molar-refractivity contribution in [2.75, 3.05) is 31.1 Å². The van der Waals surface area contributed by atoms with Crippen LogP contribution in [0.2, 0.25) is 5.02 Å². The fourth-order valence-electron chi connectivity index (χ4n) is 2.55. The molecule has 122 valence electrons. The Morgan fingerprint density at radius 1 is 1.14 bits per heavy atom. The van der Waals surface area contributed by atoms with Gasteiger partial charge < -0.3 is 9.42 Å². The smallest absolute Gasteiger partial charge is 0.150 e. The molecule has 22 heavy (non-hydrogen) atoms. The Labute approximate surface area is 148 Å². The highest BCUT2D eigenvalue weighted by molar-refractivity contribution is 6.30. The zero-order valence-corrected chi connectivity index (χ0v) is 14.8. The molecule has 1 fully saturated rings. The summed E-state index contributed by atoms with van der Waals surface area (Å²) in [6, 6.07) is 10.1. The fraction of sp³-hybridized carbons (Fsp3) is 0.400. The first-order valence-electron chi connectivity index (χ1n) is 6.86. The number of benzene rings is 1. The largest absolute Gasteiger partial charge is 0.369 e. The van der Waals surface area contributed by atoms with Gasteiger partial charge in [-0.05, 0) is 25.1 Å². The molecular formula is C15H20Cl3N3O. The Bertz CT molecular complexity index is 583. The molecule has 2 aromatic rings. The molecular weight excluding hydrogens is 345 g/mol. The van der Waals surface area contributed by atoms with Gasteiger partial charge in [-0.15, -0.1) is 24.8 Å². The third-order valence-corrected chi connectivity index (χ3v) is 3.84. The van der Waals surface area contributed by atoms with E-state index in [0.717, 1.165) is 49.2 Å². The van der Waals surface area contributed by atoms with Crippen molar-refractivity contribution in [2.45, 2.75) is 13.5 Å². The lowest BCUT2D eigenvalue weighted by atomic mass is 10.2. The maximum absolute atomic E-state index is 6.05. The van der Waals surface area contributed by atoms with E-state index in [0.29, 0.717) is 0 Å². The number of aryl methyl sites for hydroxylation is 1. The van der Waals surface area contributed by atoms with Crippen LogP contribution in [-0.2, 0) is 6.54 Å². The summed E-state index contributed by atoms with van der Waals surface area (Å²) in [5.41, 5.74) is 2.14. The first kappa shape index (κ1) is 19.1. The van der Waals surface area contributed by atoms with Crippen molar-refractivity contribution in [3.8, 4) is 0 Å². The van der Waals surface area contributed by atoms with Crippen LogP contribution in [0.4, 0.5) is 5.69 Å². The van der Waals surface area contributed by atoms with Crippen molar-refractivity contribution in [2.24, 2.45) is 0 Å². The van der Waals surface area contributed by atoms with Gasteiger partial charge in [0.15, 0.2) is 5.76 Å². The van der Waals surface area contributed by atoms with Crippen LogP contribution < -0.4 is 4.90 Å². The van der Waals surface area contributed by atoms with Gasteiger partial charge in [-0.1, -0.05) is 22.8 Å². The molecule has 0 amide bonds. The van der Waals surface area contributed by atoms with Crippen LogP contribution in [0, 0.1) is 6.92 Å². The third-order valence-electron chi connectivity index (χ3n) is 3.60. The third kappa shape index (κ3) is 4.78. The second kappa shape index (κ2) is 8.63. The Kier molecular flexibility index (Phi) is 7.49. The Balaban J connectivity index is 0.00000121. The average Bonchev–Trinajstić information content (AvgIpc) is 2.85. The summed E-state index contributed by atoms with van der Waals surface area (Å²) >= 11 is 6.05. The Morgan fingerprint density at radius 3 is 2.45 bits per heavy atom. The molecule has 2 heterocycles. The van der Waals surface area contributed by atoms with E-state index in [-0.39, 0.29) is 24.8 Å². The molecule has 0 spiro atoms. The summed E-state index contributed by atoms with van der Waals surface area (Å²) in [4.78, 5) is 4.76. The van der Waals surface area contributed by atoms with E-state index in [1.807, 2.05) is 31.2 Å². The molecule has 0 N–H and O–H groups in total. The van der Waals surface area contributed by atoms with Gasteiger partial charge in [0.25, 0.3) is 0 Å². The predicted molar refractivity (Wildman–Crippen MR) is 94.7 cm³/mol. The average molecular weight is 365 g/mol.